The van der Waals surface area contributed by atoms with Gasteiger partial charge < -0.3 is 44.5 Å². The van der Waals surface area contributed by atoms with Crippen LogP contribution in [0.1, 0.15) is 118 Å². The van der Waals surface area contributed by atoms with E-state index < -0.39 is 65.0 Å². The van der Waals surface area contributed by atoms with Crippen LogP contribution in [0.4, 0.5) is 0 Å². The Morgan fingerprint density at radius 1 is 0.965 bits per heavy atom. The van der Waals surface area contributed by atoms with Gasteiger partial charge in [0.25, 0.3) is 0 Å². The number of carboxylic acid groups (broad SMARTS) is 2. The lowest BCUT2D eigenvalue weighted by Gasteiger charge is -2.80. The Morgan fingerprint density at radius 3 is 2.44 bits per heavy atom. The second kappa shape index (κ2) is 13.2. The number of hydrogen-bond donors (Lipinski definition) is 5. The number of carbonyl (C=O) groups excluding carboxylic acids is 1. The number of aliphatic hydroxyl groups is 3. The summed E-state index contributed by atoms with van der Waals surface area (Å²) >= 11 is 0. The van der Waals surface area contributed by atoms with Crippen LogP contribution in [0.15, 0.2) is 23.8 Å². The minimum Gasteiger partial charge on any atom is -0.481 e. The molecular weight excluding hydrogens is 728 g/mol. The second-order valence-electron chi connectivity index (χ2n) is 21.7. The van der Waals surface area contributed by atoms with Crippen molar-refractivity contribution in [1.29, 1.82) is 0 Å². The molecule has 18 unspecified atom stereocenters. The number of aliphatic hydroxyl groups excluding tert-OH is 3. The number of carboxylic acids is 2. The molecule has 1 aliphatic heterocycles. The number of hydrogen-bond acceptors (Lipinski definition) is 9. The summed E-state index contributed by atoms with van der Waals surface area (Å²) < 4.78 is 18.2. The van der Waals surface area contributed by atoms with Crippen LogP contribution in [-0.2, 0) is 28.6 Å². The SMILES string of the molecule is COCC1CC2(C)CC=CC3(C2)C2=CC4CCC5CC(OC6OC(C(=O)O)C(O)C(O)C6O)C(C)(C)C6CCC7(CCCC(CC13C(=O)O)C27CCC=O)C4C56C. The third-order valence-corrected chi connectivity index (χ3v) is 19.4. The average molecular weight is 795 g/mol. The molecule has 0 aromatic carbocycles. The Bertz CT molecular complexity index is 1740. The van der Waals surface area contributed by atoms with E-state index in [-0.39, 0.29) is 51.2 Å². The van der Waals surface area contributed by atoms with Gasteiger partial charge in [0, 0.05) is 30.3 Å². The average Bonchev–Trinajstić information content (AvgIpc) is 3.14. The first-order valence-corrected chi connectivity index (χ1v) is 22.1. The van der Waals surface area contributed by atoms with Crippen molar-refractivity contribution >= 4 is 18.2 Å². The lowest BCUT2D eigenvalue weighted by molar-refractivity contribution is -0.336. The van der Waals surface area contributed by atoms with E-state index in [0.717, 1.165) is 76.9 Å². The summed E-state index contributed by atoms with van der Waals surface area (Å²) in [6, 6.07) is 0. The monoisotopic (exact) mass is 794 g/mol. The summed E-state index contributed by atoms with van der Waals surface area (Å²) in [5, 5.41) is 53.5. The summed E-state index contributed by atoms with van der Waals surface area (Å²) in [5.74, 6) is -1.01. The zero-order chi connectivity index (χ0) is 40.7. The zero-order valence-electron chi connectivity index (χ0n) is 34.5. The van der Waals surface area contributed by atoms with Gasteiger partial charge in [0.2, 0.25) is 0 Å². The van der Waals surface area contributed by atoms with Crippen molar-refractivity contribution in [3.8, 4) is 0 Å². The first-order chi connectivity index (χ1) is 26.9. The highest BCUT2D eigenvalue weighted by atomic mass is 16.7. The molecule has 1 saturated heterocycles. The van der Waals surface area contributed by atoms with Gasteiger partial charge in [-0.25, -0.2) is 4.79 Å². The van der Waals surface area contributed by atoms with Crippen LogP contribution in [0.25, 0.3) is 0 Å². The molecule has 9 rings (SSSR count). The Kier molecular flexibility index (Phi) is 9.31. The molecule has 5 N–H and O–H groups in total. The highest BCUT2D eigenvalue weighted by molar-refractivity contribution is 5.80. The normalized spacial score (nSPS) is 54.0. The van der Waals surface area contributed by atoms with Gasteiger partial charge in [0.05, 0.1) is 18.1 Å². The fraction of sp³-hybridized carbons (Fsp3) is 0.848. The predicted octanol–water partition coefficient (Wildman–Crippen LogP) is 5.93. The van der Waals surface area contributed by atoms with Gasteiger partial charge in [-0.3, -0.25) is 4.79 Å². The van der Waals surface area contributed by atoms with Crippen molar-refractivity contribution in [2.24, 2.45) is 73.4 Å². The van der Waals surface area contributed by atoms with Gasteiger partial charge >= 0.3 is 11.9 Å². The molecule has 0 aromatic rings. The number of aliphatic carboxylic acids is 2. The molecule has 1 heterocycles. The quantitative estimate of drug-likeness (QED) is 0.106. The highest BCUT2D eigenvalue weighted by Crippen LogP contribution is 2.86. The lowest BCUT2D eigenvalue weighted by Crippen LogP contribution is -2.76. The molecule has 316 valence electrons. The summed E-state index contributed by atoms with van der Waals surface area (Å²) in [4.78, 5) is 38.9. The molecular formula is C46H66O11. The van der Waals surface area contributed by atoms with Crippen molar-refractivity contribution in [2.45, 2.75) is 154 Å². The van der Waals surface area contributed by atoms with Crippen LogP contribution in [0.3, 0.4) is 0 Å². The van der Waals surface area contributed by atoms with Gasteiger partial charge in [-0.05, 0) is 128 Å². The standard InChI is InChI=1S/C46H66O11/c1-40(2)29-12-17-43-14-6-9-27-22-46(39(53)54)28(23-55-5)21-41(3)13-7-15-44(46,24-41)30(45(27,43)16-8-18-47)19-25-10-11-26(42(29,4)36(25)43)20-31(40)56-38-34(50)32(48)33(49)35(57-38)37(51)52/h7,15,18-19,25-29,31-36,38,48-50H,6,8-14,16-17,20-24H2,1-5H3,(H,51,52)(H,53,54). The van der Waals surface area contributed by atoms with Crippen molar-refractivity contribution in [3.63, 3.8) is 0 Å². The molecule has 0 radical (unpaired) electrons. The summed E-state index contributed by atoms with van der Waals surface area (Å²) in [7, 11) is 1.71. The van der Waals surface area contributed by atoms with Gasteiger partial charge in [-0.1, -0.05) is 57.9 Å². The minimum absolute atomic E-state index is 0.0486. The summed E-state index contributed by atoms with van der Waals surface area (Å²) in [6.45, 7) is 9.80. The Balaban J connectivity index is 1.18. The second-order valence-corrected chi connectivity index (χ2v) is 21.7. The Hall–Kier alpha value is -2.15. The number of carbonyl (C=O) groups is 3. The van der Waals surface area contributed by atoms with E-state index >= 15 is 0 Å². The van der Waals surface area contributed by atoms with Crippen molar-refractivity contribution in [3.05, 3.63) is 23.8 Å². The van der Waals surface area contributed by atoms with Gasteiger partial charge in [-0.15, -0.1) is 0 Å². The van der Waals surface area contributed by atoms with Crippen LogP contribution in [0.2, 0.25) is 0 Å². The molecule has 2 bridgehead atoms. The third-order valence-electron chi connectivity index (χ3n) is 19.4. The maximum absolute atomic E-state index is 14.3. The van der Waals surface area contributed by atoms with Gasteiger partial charge in [0.1, 0.15) is 24.6 Å². The molecule has 0 aromatic heterocycles. The van der Waals surface area contributed by atoms with Crippen LogP contribution < -0.4 is 0 Å². The topological polar surface area (TPSA) is 180 Å². The van der Waals surface area contributed by atoms with Crippen molar-refractivity contribution in [1.82, 2.24) is 0 Å². The number of methoxy groups -OCH3 is 1. The van der Waals surface area contributed by atoms with Gasteiger partial charge in [0.15, 0.2) is 12.4 Å². The first-order valence-electron chi connectivity index (χ1n) is 22.1. The Labute approximate surface area is 337 Å². The van der Waals surface area contributed by atoms with E-state index in [1.165, 1.54) is 5.57 Å². The molecule has 2 spiro atoms. The van der Waals surface area contributed by atoms with Crippen LogP contribution in [0.5, 0.6) is 0 Å². The summed E-state index contributed by atoms with van der Waals surface area (Å²) in [6.07, 6.45) is 11.8. The molecule has 8 aliphatic carbocycles. The number of aldehydes is 1. The molecule has 6 saturated carbocycles. The van der Waals surface area contributed by atoms with E-state index in [9.17, 15) is 39.9 Å². The fourth-order valence-electron chi connectivity index (χ4n) is 17.9. The van der Waals surface area contributed by atoms with Gasteiger partial charge in [-0.2, -0.15) is 0 Å². The first kappa shape index (κ1) is 40.3. The molecule has 11 nitrogen and oxygen atoms in total. The molecule has 57 heavy (non-hydrogen) atoms. The lowest BCUT2D eigenvalue weighted by atomic mass is 9.23. The Morgan fingerprint density at radius 2 is 1.74 bits per heavy atom. The predicted molar refractivity (Wildman–Crippen MR) is 207 cm³/mol. The molecule has 18 atom stereocenters. The highest BCUT2D eigenvalue weighted by Gasteiger charge is 2.81. The molecule has 7 fully saturated rings. The fourth-order valence-corrected chi connectivity index (χ4v) is 17.9. The molecule has 0 amide bonds. The smallest absolute Gasteiger partial charge is 0.335 e. The van der Waals surface area contributed by atoms with E-state index in [4.69, 9.17) is 14.2 Å². The molecule has 9 aliphatic rings. The van der Waals surface area contributed by atoms with Crippen molar-refractivity contribution in [2.75, 3.05) is 13.7 Å². The minimum atomic E-state index is -1.78. The number of fused-ring (bicyclic) bond motifs is 1. The van der Waals surface area contributed by atoms with Crippen molar-refractivity contribution < 1.29 is 54.1 Å². The number of rotatable bonds is 9. The molecule has 11 heteroatoms. The van der Waals surface area contributed by atoms with Crippen LogP contribution in [-0.4, -0.2) is 94.3 Å². The van der Waals surface area contributed by atoms with E-state index in [2.05, 4.69) is 45.9 Å². The zero-order valence-corrected chi connectivity index (χ0v) is 34.5. The maximum Gasteiger partial charge on any atom is 0.335 e. The van der Waals surface area contributed by atoms with Crippen LogP contribution in [0, 0.1) is 73.4 Å². The summed E-state index contributed by atoms with van der Waals surface area (Å²) in [5.41, 5.74) is -1.25. The van der Waals surface area contributed by atoms with E-state index in [1.807, 2.05) is 0 Å². The largest absolute Gasteiger partial charge is 0.481 e. The van der Waals surface area contributed by atoms with Crippen LogP contribution >= 0.6 is 0 Å². The van der Waals surface area contributed by atoms with E-state index in [1.54, 1.807) is 7.11 Å². The maximum atomic E-state index is 14.3. The number of allylic oxidation sites excluding steroid dienone is 4. The number of ether oxygens (including phenoxy) is 3. The third kappa shape index (κ3) is 4.90. The van der Waals surface area contributed by atoms with E-state index in [0.29, 0.717) is 31.8 Å².